The first-order valence-corrected chi connectivity index (χ1v) is 5.58. The van der Waals surface area contributed by atoms with Gasteiger partial charge in [0.1, 0.15) is 0 Å². The summed E-state index contributed by atoms with van der Waals surface area (Å²) in [5, 5.41) is 9.72. The summed E-state index contributed by atoms with van der Waals surface area (Å²) in [7, 11) is 4.09. The molecule has 0 aliphatic heterocycles. The van der Waals surface area contributed by atoms with E-state index in [0.717, 1.165) is 25.7 Å². The van der Waals surface area contributed by atoms with Crippen molar-refractivity contribution in [2.75, 3.05) is 19.0 Å². The molecular formula is C13H19NO. The Bertz CT molecular complexity index is 325. The molecule has 0 unspecified atom stereocenters. The maximum absolute atomic E-state index is 9.72. The third-order valence-electron chi connectivity index (χ3n) is 3.16. The van der Waals surface area contributed by atoms with Crippen LogP contribution in [-0.2, 0) is 6.42 Å². The molecule has 0 atom stereocenters. The maximum atomic E-state index is 9.72. The molecule has 1 aromatic rings. The fraction of sp³-hybridized carbons (Fsp3) is 0.538. The van der Waals surface area contributed by atoms with Gasteiger partial charge in [-0.25, -0.2) is 0 Å². The highest BCUT2D eigenvalue weighted by Crippen LogP contribution is 2.39. The van der Waals surface area contributed by atoms with Gasteiger partial charge in [0.05, 0.1) is 5.60 Å². The quantitative estimate of drug-likeness (QED) is 0.814. The number of hydrogen-bond donors (Lipinski definition) is 1. The van der Waals surface area contributed by atoms with Gasteiger partial charge in [-0.15, -0.1) is 0 Å². The minimum Gasteiger partial charge on any atom is -0.390 e. The number of aliphatic hydroxyl groups is 1. The van der Waals surface area contributed by atoms with Crippen LogP contribution in [0.5, 0.6) is 0 Å². The maximum Gasteiger partial charge on any atom is 0.0653 e. The standard InChI is InChI=1S/C13H19NO/c1-14(2)12-5-3-11(4-6-12)7-8-13(15)9-10-13/h3-6,15H,7-10H2,1-2H3. The molecule has 15 heavy (non-hydrogen) atoms. The second-order valence-electron chi connectivity index (χ2n) is 4.79. The summed E-state index contributed by atoms with van der Waals surface area (Å²) in [5.74, 6) is 0. The summed E-state index contributed by atoms with van der Waals surface area (Å²) in [5.41, 5.74) is 2.23. The average molecular weight is 205 g/mol. The van der Waals surface area contributed by atoms with Gasteiger partial charge in [0.2, 0.25) is 0 Å². The summed E-state index contributed by atoms with van der Waals surface area (Å²) in [6.07, 6.45) is 3.88. The fourth-order valence-electron chi connectivity index (χ4n) is 1.73. The molecule has 0 radical (unpaired) electrons. The number of hydrogen-bond acceptors (Lipinski definition) is 2. The van der Waals surface area contributed by atoms with Crippen LogP contribution in [0.2, 0.25) is 0 Å². The van der Waals surface area contributed by atoms with Crippen LogP contribution in [0.25, 0.3) is 0 Å². The van der Waals surface area contributed by atoms with Crippen LogP contribution in [0.4, 0.5) is 5.69 Å². The molecule has 1 fully saturated rings. The molecule has 2 rings (SSSR count). The number of anilines is 1. The Morgan fingerprint density at radius 1 is 1.20 bits per heavy atom. The van der Waals surface area contributed by atoms with Crippen LogP contribution in [0.3, 0.4) is 0 Å². The minimum absolute atomic E-state index is 0.319. The molecule has 1 aromatic carbocycles. The third-order valence-corrected chi connectivity index (χ3v) is 3.16. The zero-order valence-corrected chi connectivity index (χ0v) is 9.53. The van der Waals surface area contributed by atoms with E-state index in [9.17, 15) is 5.11 Å². The molecule has 2 nitrogen and oxygen atoms in total. The molecule has 1 aliphatic rings. The summed E-state index contributed by atoms with van der Waals surface area (Å²) in [6, 6.07) is 8.57. The molecule has 2 heteroatoms. The molecule has 0 saturated heterocycles. The van der Waals surface area contributed by atoms with Crippen molar-refractivity contribution in [3.63, 3.8) is 0 Å². The second kappa shape index (κ2) is 3.86. The number of nitrogens with zero attached hydrogens (tertiary/aromatic N) is 1. The fourth-order valence-corrected chi connectivity index (χ4v) is 1.73. The van der Waals surface area contributed by atoms with Gasteiger partial charge < -0.3 is 10.0 Å². The van der Waals surface area contributed by atoms with Crippen molar-refractivity contribution >= 4 is 5.69 Å². The highest BCUT2D eigenvalue weighted by Gasteiger charge is 2.39. The number of rotatable bonds is 4. The molecule has 1 saturated carbocycles. The summed E-state index contributed by atoms with van der Waals surface area (Å²) in [6.45, 7) is 0. The van der Waals surface area contributed by atoms with Gasteiger partial charge in [-0.2, -0.15) is 0 Å². The van der Waals surface area contributed by atoms with Crippen LogP contribution < -0.4 is 4.90 Å². The van der Waals surface area contributed by atoms with E-state index in [-0.39, 0.29) is 5.60 Å². The Morgan fingerprint density at radius 2 is 1.80 bits per heavy atom. The van der Waals surface area contributed by atoms with Crippen LogP contribution in [0.1, 0.15) is 24.8 Å². The van der Waals surface area contributed by atoms with Crippen molar-refractivity contribution in [3.05, 3.63) is 29.8 Å². The lowest BCUT2D eigenvalue weighted by atomic mass is 10.1. The van der Waals surface area contributed by atoms with Crippen molar-refractivity contribution in [2.24, 2.45) is 0 Å². The van der Waals surface area contributed by atoms with Crippen molar-refractivity contribution in [3.8, 4) is 0 Å². The van der Waals surface area contributed by atoms with Gasteiger partial charge in [0.15, 0.2) is 0 Å². The number of benzene rings is 1. The topological polar surface area (TPSA) is 23.5 Å². The van der Waals surface area contributed by atoms with Crippen molar-refractivity contribution < 1.29 is 5.11 Å². The SMILES string of the molecule is CN(C)c1ccc(CCC2(O)CC2)cc1. The van der Waals surface area contributed by atoms with E-state index < -0.39 is 0 Å². The van der Waals surface area contributed by atoms with E-state index in [2.05, 4.69) is 29.2 Å². The van der Waals surface area contributed by atoms with Gasteiger partial charge in [-0.3, -0.25) is 0 Å². The molecule has 0 bridgehead atoms. The first-order chi connectivity index (χ1) is 7.09. The zero-order chi connectivity index (χ0) is 10.9. The zero-order valence-electron chi connectivity index (χ0n) is 9.53. The van der Waals surface area contributed by atoms with Gasteiger partial charge in [0.25, 0.3) is 0 Å². The van der Waals surface area contributed by atoms with E-state index in [0.29, 0.717) is 0 Å². The molecule has 0 aromatic heterocycles. The largest absolute Gasteiger partial charge is 0.390 e. The van der Waals surface area contributed by atoms with Gasteiger partial charge in [0, 0.05) is 19.8 Å². The normalized spacial score (nSPS) is 17.5. The minimum atomic E-state index is -0.319. The van der Waals surface area contributed by atoms with E-state index >= 15 is 0 Å². The number of aryl methyl sites for hydroxylation is 1. The molecule has 0 spiro atoms. The van der Waals surface area contributed by atoms with Crippen LogP contribution >= 0.6 is 0 Å². The Labute approximate surface area is 91.5 Å². The van der Waals surface area contributed by atoms with Gasteiger partial charge in [-0.05, 0) is 43.4 Å². The smallest absolute Gasteiger partial charge is 0.0653 e. The lowest BCUT2D eigenvalue weighted by molar-refractivity contribution is 0.140. The molecular weight excluding hydrogens is 186 g/mol. The average Bonchev–Trinajstić information content (AvgIpc) is 2.95. The Morgan fingerprint density at radius 3 is 2.27 bits per heavy atom. The van der Waals surface area contributed by atoms with Crippen LogP contribution in [0, 0.1) is 0 Å². The lowest BCUT2D eigenvalue weighted by Crippen LogP contribution is -2.09. The second-order valence-corrected chi connectivity index (χ2v) is 4.79. The predicted octanol–water partition coefficient (Wildman–Crippen LogP) is 2.21. The molecule has 82 valence electrons. The van der Waals surface area contributed by atoms with Crippen molar-refractivity contribution in [1.82, 2.24) is 0 Å². The monoisotopic (exact) mass is 205 g/mol. The predicted molar refractivity (Wildman–Crippen MR) is 63.3 cm³/mol. The van der Waals surface area contributed by atoms with Gasteiger partial charge >= 0.3 is 0 Å². The van der Waals surface area contributed by atoms with E-state index in [1.165, 1.54) is 11.3 Å². The Hall–Kier alpha value is -1.02. The molecule has 0 heterocycles. The van der Waals surface area contributed by atoms with Crippen LogP contribution in [0.15, 0.2) is 24.3 Å². The van der Waals surface area contributed by atoms with E-state index in [1.54, 1.807) is 0 Å². The Balaban J connectivity index is 1.92. The summed E-state index contributed by atoms with van der Waals surface area (Å²) >= 11 is 0. The summed E-state index contributed by atoms with van der Waals surface area (Å²) < 4.78 is 0. The third kappa shape index (κ3) is 2.72. The van der Waals surface area contributed by atoms with Crippen LogP contribution in [-0.4, -0.2) is 24.8 Å². The highest BCUT2D eigenvalue weighted by molar-refractivity contribution is 5.46. The van der Waals surface area contributed by atoms with Gasteiger partial charge in [-0.1, -0.05) is 12.1 Å². The highest BCUT2D eigenvalue weighted by atomic mass is 16.3. The summed E-state index contributed by atoms with van der Waals surface area (Å²) in [4.78, 5) is 2.10. The van der Waals surface area contributed by atoms with Crippen molar-refractivity contribution in [1.29, 1.82) is 0 Å². The van der Waals surface area contributed by atoms with E-state index in [1.807, 2.05) is 14.1 Å². The molecule has 1 N–H and O–H groups in total. The van der Waals surface area contributed by atoms with Crippen molar-refractivity contribution in [2.45, 2.75) is 31.3 Å². The first-order valence-electron chi connectivity index (χ1n) is 5.58. The molecule has 0 amide bonds. The molecule has 1 aliphatic carbocycles. The lowest BCUT2D eigenvalue weighted by Gasteiger charge is -2.13. The van der Waals surface area contributed by atoms with E-state index in [4.69, 9.17) is 0 Å². The first kappa shape index (κ1) is 10.5. The Kier molecular flexibility index (Phi) is 2.70.